The molecule has 1 amide bonds. The fraction of sp³-hybridized carbons (Fsp3) is 0.481. The van der Waals surface area contributed by atoms with Gasteiger partial charge in [-0.2, -0.15) is 0 Å². The lowest BCUT2D eigenvalue weighted by Gasteiger charge is -2.38. The van der Waals surface area contributed by atoms with E-state index in [9.17, 15) is 18.4 Å². The molecule has 1 heterocycles. The predicted octanol–water partition coefficient (Wildman–Crippen LogP) is 5.41. The second-order valence-corrected chi connectivity index (χ2v) is 9.26. The number of amides is 1. The molecule has 0 aromatic heterocycles. The van der Waals surface area contributed by atoms with Crippen molar-refractivity contribution in [1.82, 2.24) is 0 Å². The first-order valence-corrected chi connectivity index (χ1v) is 12.1. The summed E-state index contributed by atoms with van der Waals surface area (Å²) in [6.07, 6.45) is 1.62. The second kappa shape index (κ2) is 12.6. The van der Waals surface area contributed by atoms with Crippen LogP contribution in [-0.4, -0.2) is 38.2 Å². The monoisotopic (exact) mass is 488 g/mol. The van der Waals surface area contributed by atoms with Crippen molar-refractivity contribution in [2.24, 2.45) is 5.92 Å². The van der Waals surface area contributed by atoms with Crippen LogP contribution in [0.25, 0.3) is 0 Å². The molecule has 1 aliphatic heterocycles. The van der Waals surface area contributed by atoms with E-state index in [0.29, 0.717) is 37.7 Å². The molecule has 8 heteroatoms. The Labute approximate surface area is 205 Å². The highest BCUT2D eigenvalue weighted by Gasteiger charge is 2.26. The number of hydrogen-bond donors (Lipinski definition) is 1. The average molecular weight is 489 g/mol. The Hall–Kier alpha value is -3.00. The van der Waals surface area contributed by atoms with E-state index in [1.165, 1.54) is 6.07 Å². The average Bonchev–Trinajstić information content (AvgIpc) is 2.83. The minimum atomic E-state index is -0.761. The third-order valence-electron chi connectivity index (χ3n) is 6.13. The third kappa shape index (κ3) is 7.24. The van der Waals surface area contributed by atoms with E-state index in [1.807, 2.05) is 25.1 Å². The lowest BCUT2D eigenvalue weighted by molar-refractivity contribution is -0.134. The van der Waals surface area contributed by atoms with Crippen LogP contribution >= 0.6 is 0 Å². The van der Waals surface area contributed by atoms with E-state index < -0.39 is 23.6 Å². The van der Waals surface area contributed by atoms with Crippen LogP contribution in [0.4, 0.5) is 20.2 Å². The third-order valence-corrected chi connectivity index (χ3v) is 6.13. The number of benzene rings is 2. The Balaban J connectivity index is 1.96. The first kappa shape index (κ1) is 26.6. The maximum absolute atomic E-state index is 14.2. The number of carbonyl (C=O) groups excluding carboxylic acids is 2. The minimum Gasteiger partial charge on any atom is -0.460 e. The van der Waals surface area contributed by atoms with Gasteiger partial charge < -0.3 is 19.7 Å². The molecule has 1 unspecified atom stereocenters. The van der Waals surface area contributed by atoms with Crippen LogP contribution in [0.2, 0.25) is 0 Å². The summed E-state index contributed by atoms with van der Waals surface area (Å²) in [5.74, 6) is -1.50. The van der Waals surface area contributed by atoms with Crippen molar-refractivity contribution in [3.63, 3.8) is 0 Å². The summed E-state index contributed by atoms with van der Waals surface area (Å²) in [4.78, 5) is 26.3. The number of halogens is 2. The van der Waals surface area contributed by atoms with Gasteiger partial charge in [0.25, 0.3) is 6.47 Å². The van der Waals surface area contributed by atoms with Crippen LogP contribution in [-0.2, 0) is 25.5 Å². The summed E-state index contributed by atoms with van der Waals surface area (Å²) >= 11 is 0. The molecule has 0 aliphatic carbocycles. The molecular weight excluding hydrogens is 454 g/mol. The van der Waals surface area contributed by atoms with Crippen LogP contribution in [0.5, 0.6) is 0 Å². The van der Waals surface area contributed by atoms with Crippen molar-refractivity contribution in [3.8, 4) is 0 Å². The van der Waals surface area contributed by atoms with Crippen molar-refractivity contribution in [2.45, 2.75) is 58.6 Å². The normalized spacial score (nSPS) is 15.0. The van der Waals surface area contributed by atoms with Gasteiger partial charge in [-0.25, -0.2) is 8.78 Å². The van der Waals surface area contributed by atoms with Crippen LogP contribution < -0.4 is 10.2 Å². The van der Waals surface area contributed by atoms with Gasteiger partial charge in [-0.1, -0.05) is 32.9 Å². The molecule has 0 saturated carbocycles. The van der Waals surface area contributed by atoms with Crippen molar-refractivity contribution in [3.05, 3.63) is 59.2 Å². The fourth-order valence-corrected chi connectivity index (χ4v) is 4.45. The van der Waals surface area contributed by atoms with E-state index in [0.717, 1.165) is 42.8 Å². The number of nitrogens with one attached hydrogen (secondary N) is 1. The molecular formula is C27H34F2N2O4. The summed E-state index contributed by atoms with van der Waals surface area (Å²) in [5, 5.41) is 2.94. The molecule has 190 valence electrons. The molecule has 1 atom stereocenters. The van der Waals surface area contributed by atoms with Gasteiger partial charge in [0.2, 0.25) is 5.91 Å². The number of anilines is 2. The predicted molar refractivity (Wildman–Crippen MR) is 131 cm³/mol. The molecule has 6 nitrogen and oxygen atoms in total. The Morgan fingerprint density at radius 1 is 1.20 bits per heavy atom. The summed E-state index contributed by atoms with van der Waals surface area (Å²) in [6.45, 7) is 8.74. The highest BCUT2D eigenvalue weighted by molar-refractivity contribution is 5.96. The van der Waals surface area contributed by atoms with Gasteiger partial charge in [0, 0.05) is 31.9 Å². The highest BCUT2D eigenvalue weighted by atomic mass is 19.1. The number of nitrogens with zero attached hydrogens (tertiary/aromatic N) is 1. The first-order chi connectivity index (χ1) is 16.8. The SMILES string of the molecule is CCC(OC=O)c1ccc(N(CC(C)C)C2CCOCC2)c(NC(=O)Cc2ccc(F)cc2F)c1. The molecule has 3 rings (SSSR count). The van der Waals surface area contributed by atoms with E-state index in [2.05, 4.69) is 24.1 Å². The topological polar surface area (TPSA) is 67.9 Å². The van der Waals surface area contributed by atoms with Crippen LogP contribution in [0.15, 0.2) is 36.4 Å². The summed E-state index contributed by atoms with van der Waals surface area (Å²) < 4.78 is 38.2. The lowest BCUT2D eigenvalue weighted by Crippen LogP contribution is -2.42. The zero-order chi connectivity index (χ0) is 25.4. The van der Waals surface area contributed by atoms with Gasteiger partial charge in [-0.3, -0.25) is 9.59 Å². The molecule has 0 spiro atoms. The fourth-order valence-electron chi connectivity index (χ4n) is 4.45. The molecule has 1 saturated heterocycles. The molecule has 0 bridgehead atoms. The van der Waals surface area contributed by atoms with E-state index in [4.69, 9.17) is 9.47 Å². The van der Waals surface area contributed by atoms with E-state index in [-0.39, 0.29) is 18.0 Å². The Morgan fingerprint density at radius 2 is 1.94 bits per heavy atom. The van der Waals surface area contributed by atoms with Crippen molar-refractivity contribution < 1.29 is 27.8 Å². The van der Waals surface area contributed by atoms with Crippen LogP contribution in [0.3, 0.4) is 0 Å². The largest absolute Gasteiger partial charge is 0.460 e. The van der Waals surface area contributed by atoms with Gasteiger partial charge in [0.05, 0.1) is 17.8 Å². The lowest BCUT2D eigenvalue weighted by atomic mass is 10.0. The summed E-state index contributed by atoms with van der Waals surface area (Å²) in [7, 11) is 0. The number of carbonyl (C=O) groups is 2. The van der Waals surface area contributed by atoms with Gasteiger partial charge in [0.15, 0.2) is 0 Å². The standard InChI is InChI=1S/C27H34F2N2O4/c1-4-26(35-17-32)20-6-8-25(31(16-18(2)3)22-9-11-34-12-10-22)24(13-20)30-27(33)14-19-5-7-21(28)15-23(19)29/h5-8,13,15,17-18,22,26H,4,9-12,14,16H2,1-3H3,(H,30,33). The quantitative estimate of drug-likeness (QED) is 0.428. The summed E-state index contributed by atoms with van der Waals surface area (Å²) in [6, 6.07) is 9.10. The number of rotatable bonds is 11. The maximum Gasteiger partial charge on any atom is 0.293 e. The number of ether oxygens (including phenoxy) is 2. The first-order valence-electron chi connectivity index (χ1n) is 12.1. The smallest absolute Gasteiger partial charge is 0.293 e. The minimum absolute atomic E-state index is 0.112. The van der Waals surface area contributed by atoms with Crippen LogP contribution in [0, 0.1) is 17.6 Å². The highest BCUT2D eigenvalue weighted by Crippen LogP contribution is 2.35. The van der Waals surface area contributed by atoms with Gasteiger partial charge in [-0.15, -0.1) is 0 Å². The van der Waals surface area contributed by atoms with Crippen molar-refractivity contribution >= 4 is 23.8 Å². The second-order valence-electron chi connectivity index (χ2n) is 9.26. The van der Waals surface area contributed by atoms with Gasteiger partial charge >= 0.3 is 0 Å². The molecule has 2 aromatic rings. The molecule has 0 radical (unpaired) electrons. The molecule has 1 aliphatic rings. The molecule has 1 fully saturated rings. The Bertz CT molecular complexity index is 1010. The van der Waals surface area contributed by atoms with Crippen molar-refractivity contribution in [2.75, 3.05) is 30.0 Å². The van der Waals surface area contributed by atoms with E-state index >= 15 is 0 Å². The zero-order valence-corrected chi connectivity index (χ0v) is 20.6. The number of hydrogen-bond acceptors (Lipinski definition) is 5. The summed E-state index contributed by atoms with van der Waals surface area (Å²) in [5.41, 5.74) is 2.28. The Kier molecular flexibility index (Phi) is 9.60. The van der Waals surface area contributed by atoms with E-state index in [1.54, 1.807) is 0 Å². The molecule has 1 N–H and O–H groups in total. The Morgan fingerprint density at radius 3 is 2.57 bits per heavy atom. The zero-order valence-electron chi connectivity index (χ0n) is 20.6. The molecule has 35 heavy (non-hydrogen) atoms. The van der Waals surface area contributed by atoms with Crippen molar-refractivity contribution in [1.29, 1.82) is 0 Å². The molecule has 2 aromatic carbocycles. The van der Waals surface area contributed by atoms with Gasteiger partial charge in [-0.05, 0) is 54.5 Å². The van der Waals surface area contributed by atoms with Crippen LogP contribution in [0.1, 0.15) is 57.3 Å². The maximum atomic E-state index is 14.2. The van der Waals surface area contributed by atoms with Gasteiger partial charge in [0.1, 0.15) is 17.7 Å².